The number of ether oxygens (including phenoxy) is 2. The molecule has 174 valence electrons. The molecule has 1 heterocycles. The summed E-state index contributed by atoms with van der Waals surface area (Å²) < 4.78 is 50.2. The van der Waals surface area contributed by atoms with E-state index in [-0.39, 0.29) is 30.2 Å². The predicted octanol–water partition coefficient (Wildman–Crippen LogP) is 2.95. The van der Waals surface area contributed by atoms with E-state index in [2.05, 4.69) is 15.7 Å². The Bertz CT molecular complexity index is 1130. The van der Waals surface area contributed by atoms with Gasteiger partial charge in [-0.2, -0.15) is 18.3 Å². The summed E-state index contributed by atoms with van der Waals surface area (Å²) in [7, 11) is 2.85. The molecule has 0 saturated carbocycles. The van der Waals surface area contributed by atoms with Gasteiger partial charge in [-0.05, 0) is 35.9 Å². The van der Waals surface area contributed by atoms with Gasteiger partial charge >= 0.3 is 6.18 Å². The molecule has 8 nitrogen and oxygen atoms in total. The molecule has 0 spiro atoms. The van der Waals surface area contributed by atoms with Gasteiger partial charge in [-0.15, -0.1) is 0 Å². The molecule has 3 rings (SSSR count). The van der Waals surface area contributed by atoms with Gasteiger partial charge < -0.3 is 20.1 Å². The van der Waals surface area contributed by atoms with Gasteiger partial charge in [0, 0.05) is 6.54 Å². The molecule has 2 N–H and O–H groups in total. The van der Waals surface area contributed by atoms with Gasteiger partial charge in [-0.3, -0.25) is 9.59 Å². The molecule has 33 heavy (non-hydrogen) atoms. The van der Waals surface area contributed by atoms with Crippen molar-refractivity contribution >= 4 is 11.8 Å². The average molecular weight is 462 g/mol. The molecule has 0 fully saturated rings. The highest BCUT2D eigenvalue weighted by Gasteiger charge is 2.30. The first-order valence-corrected chi connectivity index (χ1v) is 9.70. The normalized spacial score (nSPS) is 11.1. The lowest BCUT2D eigenvalue weighted by atomic mass is 10.2. The number of carbonyl (C=O) groups excluding carboxylic acids is 2. The average Bonchev–Trinajstić information content (AvgIpc) is 3.26. The third-order valence-corrected chi connectivity index (χ3v) is 4.61. The van der Waals surface area contributed by atoms with E-state index < -0.39 is 23.6 Å². The monoisotopic (exact) mass is 462 g/mol. The summed E-state index contributed by atoms with van der Waals surface area (Å²) in [5, 5.41) is 9.12. The maximum absolute atomic E-state index is 13.0. The van der Waals surface area contributed by atoms with Crippen molar-refractivity contribution in [2.24, 2.45) is 0 Å². The number of carbonyl (C=O) groups is 2. The van der Waals surface area contributed by atoms with Crippen LogP contribution in [0.2, 0.25) is 0 Å². The van der Waals surface area contributed by atoms with E-state index in [1.54, 1.807) is 31.4 Å². The molecule has 1 aromatic heterocycles. The summed E-state index contributed by atoms with van der Waals surface area (Å²) in [6, 6.07) is 11.6. The van der Waals surface area contributed by atoms with Crippen LogP contribution in [0.4, 0.5) is 13.2 Å². The van der Waals surface area contributed by atoms with Gasteiger partial charge in [0.2, 0.25) is 5.91 Å². The maximum atomic E-state index is 13.0. The van der Waals surface area contributed by atoms with Crippen molar-refractivity contribution in [2.75, 3.05) is 20.8 Å². The first-order valence-electron chi connectivity index (χ1n) is 9.70. The van der Waals surface area contributed by atoms with Crippen LogP contribution in [0, 0.1) is 0 Å². The summed E-state index contributed by atoms with van der Waals surface area (Å²) in [6.07, 6.45) is -3.24. The van der Waals surface area contributed by atoms with Gasteiger partial charge in [0.25, 0.3) is 5.91 Å². The summed E-state index contributed by atoms with van der Waals surface area (Å²) in [5.74, 6) is -0.410. The van der Waals surface area contributed by atoms with Gasteiger partial charge in [-0.1, -0.05) is 18.2 Å². The van der Waals surface area contributed by atoms with Crippen LogP contribution < -0.4 is 20.1 Å². The highest BCUT2D eigenvalue weighted by Crippen LogP contribution is 2.30. The Hall–Kier alpha value is -4.02. The number of nitrogens with zero attached hydrogens (tertiary/aromatic N) is 2. The van der Waals surface area contributed by atoms with Crippen LogP contribution in [-0.2, 0) is 17.5 Å². The molecule has 0 unspecified atom stereocenters. The third kappa shape index (κ3) is 6.03. The largest absolute Gasteiger partial charge is 0.497 e. The number of hydrogen-bond acceptors (Lipinski definition) is 5. The molecular formula is C22H21F3N4O4. The van der Waals surface area contributed by atoms with Gasteiger partial charge in [0.05, 0.1) is 38.2 Å². The first kappa shape index (κ1) is 23.6. The zero-order chi connectivity index (χ0) is 24.0. The lowest BCUT2D eigenvalue weighted by molar-refractivity contribution is -0.137. The smallest absolute Gasteiger partial charge is 0.416 e. The molecule has 0 radical (unpaired) electrons. The van der Waals surface area contributed by atoms with Crippen molar-refractivity contribution in [3.8, 4) is 17.2 Å². The third-order valence-electron chi connectivity index (χ3n) is 4.61. The summed E-state index contributed by atoms with van der Waals surface area (Å²) in [5.41, 5.74) is -0.0803. The summed E-state index contributed by atoms with van der Waals surface area (Å²) >= 11 is 0. The van der Waals surface area contributed by atoms with Crippen molar-refractivity contribution in [1.29, 1.82) is 0 Å². The Morgan fingerprint density at radius 3 is 2.39 bits per heavy atom. The molecule has 2 amide bonds. The van der Waals surface area contributed by atoms with Crippen molar-refractivity contribution < 1.29 is 32.2 Å². The predicted molar refractivity (Wildman–Crippen MR) is 112 cm³/mol. The molecule has 11 heteroatoms. The Balaban J connectivity index is 1.63. The molecule has 0 aliphatic carbocycles. The number of nitrogens with one attached hydrogen (secondary N) is 2. The van der Waals surface area contributed by atoms with E-state index in [1.807, 2.05) is 0 Å². The highest BCUT2D eigenvalue weighted by atomic mass is 19.4. The number of rotatable bonds is 8. The van der Waals surface area contributed by atoms with Crippen LogP contribution in [-0.4, -0.2) is 42.4 Å². The van der Waals surface area contributed by atoms with Gasteiger partial charge in [-0.25, -0.2) is 4.68 Å². The molecule has 2 aromatic carbocycles. The van der Waals surface area contributed by atoms with Crippen LogP contribution >= 0.6 is 0 Å². The lowest BCUT2D eigenvalue weighted by Gasteiger charge is -2.08. The van der Waals surface area contributed by atoms with E-state index in [0.717, 1.165) is 22.4 Å². The fraction of sp³-hybridized carbons (Fsp3) is 0.227. The van der Waals surface area contributed by atoms with Crippen LogP contribution in [0.3, 0.4) is 0 Å². The molecular weight excluding hydrogens is 441 g/mol. The number of halogens is 3. The Morgan fingerprint density at radius 2 is 1.76 bits per heavy atom. The van der Waals surface area contributed by atoms with Crippen molar-refractivity contribution in [1.82, 2.24) is 20.4 Å². The van der Waals surface area contributed by atoms with E-state index in [9.17, 15) is 22.8 Å². The van der Waals surface area contributed by atoms with E-state index in [0.29, 0.717) is 5.75 Å². The number of amides is 2. The Kier molecular flexibility index (Phi) is 7.21. The second-order valence-electron chi connectivity index (χ2n) is 6.85. The minimum atomic E-state index is -4.52. The number of alkyl halides is 3. The number of hydrogen-bond donors (Lipinski definition) is 2. The van der Waals surface area contributed by atoms with Crippen LogP contribution in [0.15, 0.2) is 54.7 Å². The van der Waals surface area contributed by atoms with Crippen LogP contribution in [0.25, 0.3) is 5.69 Å². The molecule has 0 saturated heterocycles. The fourth-order valence-corrected chi connectivity index (χ4v) is 2.87. The lowest BCUT2D eigenvalue weighted by Crippen LogP contribution is -2.36. The number of methoxy groups -OCH3 is 2. The SMILES string of the molecule is COc1ccc(CNC(=O)CNC(=O)c2nn(-c3cccc(C(F)(F)F)c3)cc2OC)cc1. The van der Waals surface area contributed by atoms with Crippen molar-refractivity contribution in [2.45, 2.75) is 12.7 Å². The first-order chi connectivity index (χ1) is 15.7. The van der Waals surface area contributed by atoms with Crippen molar-refractivity contribution in [3.63, 3.8) is 0 Å². The molecule has 0 aliphatic rings. The molecule has 0 bridgehead atoms. The second-order valence-corrected chi connectivity index (χ2v) is 6.85. The van der Waals surface area contributed by atoms with Gasteiger partial charge in [0.15, 0.2) is 11.4 Å². The number of benzene rings is 2. The van der Waals surface area contributed by atoms with Crippen LogP contribution in [0.1, 0.15) is 21.6 Å². The van der Waals surface area contributed by atoms with Gasteiger partial charge in [0.1, 0.15) is 5.75 Å². The summed E-state index contributed by atoms with van der Waals surface area (Å²) in [6.45, 7) is -0.0687. The zero-order valence-electron chi connectivity index (χ0n) is 17.8. The fourth-order valence-electron chi connectivity index (χ4n) is 2.87. The standard InChI is InChI=1S/C22H21F3N4O4/c1-32-17-8-6-14(7-9-17)11-26-19(30)12-27-21(31)20-18(33-2)13-29(28-20)16-5-3-4-15(10-16)22(23,24)25/h3-10,13H,11-12H2,1-2H3,(H,26,30)(H,27,31). The van der Waals surface area contributed by atoms with E-state index in [4.69, 9.17) is 9.47 Å². The Labute approximate surface area is 187 Å². The van der Waals surface area contributed by atoms with E-state index in [1.165, 1.54) is 25.4 Å². The van der Waals surface area contributed by atoms with Crippen LogP contribution in [0.5, 0.6) is 11.5 Å². The molecule has 0 atom stereocenters. The minimum Gasteiger partial charge on any atom is -0.497 e. The minimum absolute atomic E-state index is 0.0450. The zero-order valence-corrected chi connectivity index (χ0v) is 17.8. The second kappa shape index (κ2) is 10.1. The quantitative estimate of drug-likeness (QED) is 0.537. The van der Waals surface area contributed by atoms with E-state index >= 15 is 0 Å². The Morgan fingerprint density at radius 1 is 1.03 bits per heavy atom. The number of aromatic nitrogens is 2. The summed E-state index contributed by atoms with van der Waals surface area (Å²) in [4.78, 5) is 24.6. The molecule has 0 aliphatic heterocycles. The molecule has 3 aromatic rings. The maximum Gasteiger partial charge on any atom is 0.416 e. The topological polar surface area (TPSA) is 94.5 Å². The highest BCUT2D eigenvalue weighted by molar-refractivity contribution is 5.97. The van der Waals surface area contributed by atoms with Crippen molar-refractivity contribution in [3.05, 3.63) is 71.5 Å².